The Morgan fingerprint density at radius 2 is 2.60 bits per heavy atom. The van der Waals surface area contributed by atoms with Gasteiger partial charge in [-0.15, -0.1) is 0 Å². The number of H-pyrrole nitrogens is 1. The molecule has 0 saturated heterocycles. The van der Waals surface area contributed by atoms with E-state index in [9.17, 15) is 9.59 Å². The Hall–Kier alpha value is -1.59. The van der Waals surface area contributed by atoms with E-state index in [1.165, 1.54) is 0 Å². The number of nitrogens with zero attached hydrogens (tertiary/aromatic N) is 2. The summed E-state index contributed by atoms with van der Waals surface area (Å²) in [6, 6.07) is 0. The molecular weight excluding hydrogens is 138 g/mol. The number of aromatic nitrogens is 3. The van der Waals surface area contributed by atoms with Crippen molar-refractivity contribution in [1.29, 1.82) is 0 Å². The number of aromatic amines is 1. The fourth-order valence-corrected chi connectivity index (χ4v) is 0.529. The van der Waals surface area contributed by atoms with E-state index in [-0.39, 0.29) is 6.54 Å². The van der Waals surface area contributed by atoms with Gasteiger partial charge in [0.15, 0.2) is 0 Å². The van der Waals surface area contributed by atoms with Gasteiger partial charge in [0.25, 0.3) is 0 Å². The number of rotatable bonds is 2. The number of nitrogens with one attached hydrogen (secondary N) is 1. The molecule has 0 aliphatic carbocycles. The van der Waals surface area contributed by atoms with Crippen molar-refractivity contribution in [2.24, 2.45) is 0 Å². The summed E-state index contributed by atoms with van der Waals surface area (Å²) < 4.78 is 0.961. The summed E-state index contributed by atoms with van der Waals surface area (Å²) in [5.41, 5.74) is -0.512. The van der Waals surface area contributed by atoms with E-state index in [0.29, 0.717) is 0 Å². The molecular formula is C4H5N3O3. The first-order chi connectivity index (χ1) is 4.70. The van der Waals surface area contributed by atoms with Crippen molar-refractivity contribution in [3.05, 3.63) is 16.8 Å². The number of aliphatic carboxylic acids is 1. The Bertz CT molecular complexity index is 286. The van der Waals surface area contributed by atoms with Gasteiger partial charge in [-0.3, -0.25) is 9.36 Å². The van der Waals surface area contributed by atoms with E-state index in [4.69, 9.17) is 5.11 Å². The molecule has 10 heavy (non-hydrogen) atoms. The molecule has 0 aliphatic rings. The van der Waals surface area contributed by atoms with Crippen LogP contribution in [0.4, 0.5) is 0 Å². The van der Waals surface area contributed by atoms with Crippen LogP contribution in [0.25, 0.3) is 0 Å². The van der Waals surface area contributed by atoms with Crippen LogP contribution in [0.2, 0.25) is 0 Å². The van der Waals surface area contributed by atoms with Gasteiger partial charge in [-0.2, -0.15) is 5.10 Å². The van der Waals surface area contributed by atoms with Crippen LogP contribution in [0.5, 0.6) is 0 Å². The van der Waals surface area contributed by atoms with E-state index >= 15 is 0 Å². The molecule has 0 atom stereocenters. The van der Waals surface area contributed by atoms with Crippen LogP contribution in [0.3, 0.4) is 0 Å². The van der Waals surface area contributed by atoms with Crippen molar-refractivity contribution in [1.82, 2.24) is 14.8 Å². The van der Waals surface area contributed by atoms with Crippen molar-refractivity contribution >= 4 is 5.97 Å². The second kappa shape index (κ2) is 2.34. The Labute approximate surface area is 55.1 Å². The first kappa shape index (κ1) is 6.53. The van der Waals surface area contributed by atoms with Gasteiger partial charge in [0.2, 0.25) is 0 Å². The van der Waals surface area contributed by atoms with Crippen LogP contribution in [0.1, 0.15) is 0 Å². The summed E-state index contributed by atoms with van der Waals surface area (Å²) in [7, 11) is 0. The lowest BCUT2D eigenvalue weighted by molar-refractivity contribution is -0.137. The molecule has 54 valence electrons. The zero-order valence-corrected chi connectivity index (χ0v) is 4.94. The number of carbonyl (C=O) groups is 1. The first-order valence-corrected chi connectivity index (χ1v) is 2.52. The molecule has 0 saturated carbocycles. The van der Waals surface area contributed by atoms with Crippen molar-refractivity contribution < 1.29 is 9.90 Å². The minimum absolute atomic E-state index is 0.352. The maximum Gasteiger partial charge on any atom is 0.343 e. The Balaban J connectivity index is 2.85. The standard InChI is InChI=1S/C4H5N3O3/c8-3(9)1-7-2-5-6-4(7)10/h2H,1H2,(H,6,10)(H,8,9). The summed E-state index contributed by atoms with van der Waals surface area (Å²) in [5.74, 6) is -1.07. The molecule has 2 N–H and O–H groups in total. The number of carboxylic acid groups (broad SMARTS) is 1. The average Bonchev–Trinajstić information content (AvgIpc) is 2.15. The monoisotopic (exact) mass is 143 g/mol. The summed E-state index contributed by atoms with van der Waals surface area (Å²) in [5, 5.41) is 13.6. The van der Waals surface area contributed by atoms with Crippen LogP contribution < -0.4 is 5.69 Å². The minimum Gasteiger partial charge on any atom is -0.480 e. The lowest BCUT2D eigenvalue weighted by Gasteiger charge is -1.89. The topological polar surface area (TPSA) is 88.0 Å². The highest BCUT2D eigenvalue weighted by atomic mass is 16.4. The minimum atomic E-state index is -1.07. The maximum atomic E-state index is 10.5. The lowest BCUT2D eigenvalue weighted by atomic mass is 10.6. The van der Waals surface area contributed by atoms with E-state index < -0.39 is 11.7 Å². The van der Waals surface area contributed by atoms with Crippen molar-refractivity contribution in [3.8, 4) is 0 Å². The molecule has 1 heterocycles. The quantitative estimate of drug-likeness (QED) is 0.536. The second-order valence-electron chi connectivity index (χ2n) is 1.68. The molecule has 6 heteroatoms. The van der Waals surface area contributed by atoms with E-state index in [1.807, 2.05) is 0 Å². The van der Waals surface area contributed by atoms with Crippen molar-refractivity contribution in [3.63, 3.8) is 0 Å². The lowest BCUT2D eigenvalue weighted by Crippen LogP contribution is -2.20. The molecule has 0 amide bonds. The van der Waals surface area contributed by atoms with Gasteiger partial charge >= 0.3 is 11.7 Å². The smallest absolute Gasteiger partial charge is 0.343 e. The molecule has 0 fully saturated rings. The molecule has 6 nitrogen and oxygen atoms in total. The predicted octanol–water partition coefficient (Wildman–Crippen LogP) is -1.34. The third-order valence-corrected chi connectivity index (χ3v) is 0.924. The van der Waals surface area contributed by atoms with Crippen LogP contribution >= 0.6 is 0 Å². The molecule has 1 aromatic heterocycles. The zero-order chi connectivity index (χ0) is 7.56. The highest BCUT2D eigenvalue weighted by Crippen LogP contribution is 1.73. The van der Waals surface area contributed by atoms with Gasteiger partial charge in [0.1, 0.15) is 12.9 Å². The molecule has 1 rings (SSSR count). The summed E-state index contributed by atoms with van der Waals surface area (Å²) in [4.78, 5) is 20.6. The molecule has 0 bridgehead atoms. The second-order valence-corrected chi connectivity index (χ2v) is 1.68. The molecule has 0 aromatic carbocycles. The largest absolute Gasteiger partial charge is 0.480 e. The van der Waals surface area contributed by atoms with E-state index in [2.05, 4.69) is 10.2 Å². The van der Waals surface area contributed by atoms with Crippen molar-refractivity contribution in [2.75, 3.05) is 0 Å². The summed E-state index contributed by atoms with van der Waals surface area (Å²) in [6.45, 7) is -0.352. The van der Waals surface area contributed by atoms with Gasteiger partial charge in [0, 0.05) is 0 Å². The van der Waals surface area contributed by atoms with Crippen LogP contribution in [-0.4, -0.2) is 25.8 Å². The molecule has 1 aromatic rings. The Morgan fingerprint density at radius 1 is 1.90 bits per heavy atom. The summed E-state index contributed by atoms with van der Waals surface area (Å²) in [6.07, 6.45) is 1.14. The fourth-order valence-electron chi connectivity index (χ4n) is 0.529. The highest BCUT2D eigenvalue weighted by Gasteiger charge is 2.00. The zero-order valence-electron chi connectivity index (χ0n) is 4.94. The van der Waals surface area contributed by atoms with Gasteiger partial charge < -0.3 is 5.11 Å². The fraction of sp³-hybridized carbons (Fsp3) is 0.250. The first-order valence-electron chi connectivity index (χ1n) is 2.52. The molecule has 0 unspecified atom stereocenters. The van der Waals surface area contributed by atoms with Gasteiger partial charge in [-0.25, -0.2) is 9.89 Å². The molecule has 0 aliphatic heterocycles. The third-order valence-electron chi connectivity index (χ3n) is 0.924. The van der Waals surface area contributed by atoms with Gasteiger partial charge in [-0.05, 0) is 0 Å². The number of hydrogen-bond donors (Lipinski definition) is 2. The predicted molar refractivity (Wildman–Crippen MR) is 30.5 cm³/mol. The maximum absolute atomic E-state index is 10.5. The van der Waals surface area contributed by atoms with Gasteiger partial charge in [-0.1, -0.05) is 0 Å². The third kappa shape index (κ3) is 1.22. The normalized spacial score (nSPS) is 9.60. The SMILES string of the molecule is O=C(O)Cn1cn[nH]c1=O. The molecule has 0 spiro atoms. The number of carboxylic acids is 1. The van der Waals surface area contributed by atoms with Crippen LogP contribution in [0.15, 0.2) is 11.1 Å². The highest BCUT2D eigenvalue weighted by molar-refractivity contribution is 5.66. The summed E-state index contributed by atoms with van der Waals surface area (Å²) >= 11 is 0. The Kier molecular flexibility index (Phi) is 1.53. The number of hydrogen-bond acceptors (Lipinski definition) is 3. The van der Waals surface area contributed by atoms with Crippen LogP contribution in [0, 0.1) is 0 Å². The Morgan fingerprint density at radius 3 is 3.00 bits per heavy atom. The van der Waals surface area contributed by atoms with Crippen molar-refractivity contribution in [2.45, 2.75) is 6.54 Å². The average molecular weight is 143 g/mol. The van der Waals surface area contributed by atoms with Crippen LogP contribution in [-0.2, 0) is 11.3 Å². The van der Waals surface area contributed by atoms with E-state index in [0.717, 1.165) is 10.9 Å². The van der Waals surface area contributed by atoms with Gasteiger partial charge in [0.05, 0.1) is 0 Å². The molecule has 0 radical (unpaired) electrons. The van der Waals surface area contributed by atoms with E-state index in [1.54, 1.807) is 0 Å².